The number of amides is 2. The smallest absolute Gasteiger partial charge is 0.261 e. The monoisotopic (exact) mass is 286 g/mol. The van der Waals surface area contributed by atoms with Crippen LogP contribution in [0, 0.1) is 0 Å². The van der Waals surface area contributed by atoms with Gasteiger partial charge in [-0.3, -0.25) is 14.5 Å². The standard InChI is InChI=1S/C16H18N2O3/c1-10-16(17-11(2)21-10)8-13-6-4-5-7-14(13)9-18(12(3)19)15(16)20/h4-7,10H,8-9H2,1-3H3/t10?,16-/m0/s1. The second kappa shape index (κ2) is 4.69. The van der Waals surface area contributed by atoms with Crippen molar-refractivity contribution in [2.45, 2.75) is 45.4 Å². The van der Waals surface area contributed by atoms with Gasteiger partial charge in [-0.25, -0.2) is 4.99 Å². The van der Waals surface area contributed by atoms with Gasteiger partial charge >= 0.3 is 0 Å². The first-order valence-electron chi connectivity index (χ1n) is 7.06. The summed E-state index contributed by atoms with van der Waals surface area (Å²) in [6.07, 6.45) is 0.0857. The molecule has 5 heteroatoms. The van der Waals surface area contributed by atoms with E-state index in [1.54, 1.807) is 6.92 Å². The Balaban J connectivity index is 2.17. The van der Waals surface area contributed by atoms with Gasteiger partial charge in [-0.2, -0.15) is 0 Å². The molecule has 0 radical (unpaired) electrons. The minimum absolute atomic E-state index is 0.261. The minimum Gasteiger partial charge on any atom is -0.475 e. The molecule has 1 unspecified atom stereocenters. The summed E-state index contributed by atoms with van der Waals surface area (Å²) in [7, 11) is 0. The van der Waals surface area contributed by atoms with Crippen molar-refractivity contribution in [1.29, 1.82) is 0 Å². The minimum atomic E-state index is -1.03. The van der Waals surface area contributed by atoms with E-state index in [4.69, 9.17) is 4.74 Å². The Bertz CT molecular complexity index is 653. The highest BCUT2D eigenvalue weighted by atomic mass is 16.5. The summed E-state index contributed by atoms with van der Waals surface area (Å²) in [6.45, 7) is 5.29. The number of fused-ring (bicyclic) bond motifs is 1. The zero-order valence-electron chi connectivity index (χ0n) is 12.4. The number of carbonyl (C=O) groups excluding carboxylic acids is 2. The van der Waals surface area contributed by atoms with Crippen LogP contribution in [0.3, 0.4) is 0 Å². The van der Waals surface area contributed by atoms with Gasteiger partial charge in [0.1, 0.15) is 6.10 Å². The fourth-order valence-electron chi connectivity index (χ4n) is 3.14. The molecular formula is C16H18N2O3. The average Bonchev–Trinajstić information content (AvgIpc) is 2.64. The number of rotatable bonds is 0. The highest BCUT2D eigenvalue weighted by Gasteiger charge is 2.53. The highest BCUT2D eigenvalue weighted by molar-refractivity contribution is 6.02. The Hall–Kier alpha value is -2.17. The van der Waals surface area contributed by atoms with Crippen molar-refractivity contribution in [3.8, 4) is 0 Å². The van der Waals surface area contributed by atoms with Gasteiger partial charge in [0.25, 0.3) is 5.91 Å². The van der Waals surface area contributed by atoms with E-state index >= 15 is 0 Å². The van der Waals surface area contributed by atoms with Crippen LogP contribution in [0.4, 0.5) is 0 Å². The Morgan fingerprint density at radius 1 is 1.38 bits per heavy atom. The molecule has 3 rings (SSSR count). The van der Waals surface area contributed by atoms with Crippen molar-refractivity contribution >= 4 is 17.7 Å². The molecule has 0 aliphatic carbocycles. The first-order valence-corrected chi connectivity index (χ1v) is 7.06. The normalized spacial score (nSPS) is 28.0. The Morgan fingerprint density at radius 2 is 2.05 bits per heavy atom. The quantitative estimate of drug-likeness (QED) is 0.729. The van der Waals surface area contributed by atoms with E-state index in [2.05, 4.69) is 4.99 Å². The molecule has 0 aromatic heterocycles. The molecule has 1 aromatic carbocycles. The van der Waals surface area contributed by atoms with Gasteiger partial charge < -0.3 is 4.74 Å². The van der Waals surface area contributed by atoms with Crippen molar-refractivity contribution in [2.24, 2.45) is 4.99 Å². The first-order chi connectivity index (χ1) is 9.94. The SMILES string of the molecule is CC(=O)N1Cc2ccccc2C[C@@]2(N=C(C)OC2C)C1=O. The number of benzene rings is 1. The van der Waals surface area contributed by atoms with Crippen molar-refractivity contribution in [3.63, 3.8) is 0 Å². The van der Waals surface area contributed by atoms with Crippen LogP contribution in [0.5, 0.6) is 0 Å². The molecule has 5 nitrogen and oxygen atoms in total. The van der Waals surface area contributed by atoms with Crippen LogP contribution in [-0.2, 0) is 27.3 Å². The van der Waals surface area contributed by atoms with E-state index in [1.807, 2.05) is 31.2 Å². The van der Waals surface area contributed by atoms with Crippen molar-refractivity contribution in [3.05, 3.63) is 35.4 Å². The molecule has 2 heterocycles. The summed E-state index contributed by atoms with van der Waals surface area (Å²) < 4.78 is 5.61. The number of nitrogens with zero attached hydrogens (tertiary/aromatic N) is 2. The topological polar surface area (TPSA) is 59.0 Å². The summed E-state index contributed by atoms with van der Waals surface area (Å²) >= 11 is 0. The molecule has 0 fully saturated rings. The van der Waals surface area contributed by atoms with E-state index in [0.717, 1.165) is 11.1 Å². The highest BCUT2D eigenvalue weighted by Crippen LogP contribution is 2.36. The molecule has 0 saturated heterocycles. The van der Waals surface area contributed by atoms with Crippen molar-refractivity contribution in [1.82, 2.24) is 4.90 Å². The lowest BCUT2D eigenvalue weighted by molar-refractivity contribution is -0.149. The lowest BCUT2D eigenvalue weighted by atomic mass is 9.85. The second-order valence-electron chi connectivity index (χ2n) is 5.67. The molecular weight excluding hydrogens is 268 g/mol. The fourth-order valence-corrected chi connectivity index (χ4v) is 3.14. The van der Waals surface area contributed by atoms with Crippen LogP contribution >= 0.6 is 0 Å². The van der Waals surface area contributed by atoms with Crippen LogP contribution in [0.2, 0.25) is 0 Å². The van der Waals surface area contributed by atoms with Crippen molar-refractivity contribution in [2.75, 3.05) is 0 Å². The molecule has 110 valence electrons. The van der Waals surface area contributed by atoms with Crippen LogP contribution in [-0.4, -0.2) is 34.3 Å². The summed E-state index contributed by atoms with van der Waals surface area (Å²) in [5.41, 5.74) is 1.01. The van der Waals surface area contributed by atoms with E-state index in [9.17, 15) is 9.59 Å². The van der Waals surface area contributed by atoms with Crippen LogP contribution in [0.15, 0.2) is 29.3 Å². The van der Waals surface area contributed by atoms with Crippen molar-refractivity contribution < 1.29 is 14.3 Å². The molecule has 2 amide bonds. The largest absolute Gasteiger partial charge is 0.475 e. The third kappa shape index (κ3) is 2.04. The predicted molar refractivity (Wildman–Crippen MR) is 77.8 cm³/mol. The molecule has 0 N–H and O–H groups in total. The number of hydrogen-bond donors (Lipinski definition) is 0. The third-order valence-corrected chi connectivity index (χ3v) is 4.28. The Morgan fingerprint density at radius 3 is 2.62 bits per heavy atom. The molecule has 0 saturated carbocycles. The van der Waals surface area contributed by atoms with Gasteiger partial charge in [0.2, 0.25) is 5.91 Å². The number of imide groups is 1. The van der Waals surface area contributed by atoms with E-state index in [-0.39, 0.29) is 17.9 Å². The van der Waals surface area contributed by atoms with Gasteiger partial charge in [-0.1, -0.05) is 24.3 Å². The number of carbonyl (C=O) groups is 2. The van der Waals surface area contributed by atoms with Crippen LogP contribution < -0.4 is 0 Å². The van der Waals surface area contributed by atoms with E-state index < -0.39 is 5.54 Å². The average molecular weight is 286 g/mol. The molecule has 21 heavy (non-hydrogen) atoms. The van der Waals surface area contributed by atoms with E-state index in [0.29, 0.717) is 18.9 Å². The zero-order valence-corrected chi connectivity index (χ0v) is 12.4. The van der Waals surface area contributed by atoms with Gasteiger partial charge in [0.15, 0.2) is 11.4 Å². The lowest BCUT2D eigenvalue weighted by Crippen LogP contribution is -2.53. The van der Waals surface area contributed by atoms with E-state index in [1.165, 1.54) is 11.8 Å². The van der Waals surface area contributed by atoms with Gasteiger partial charge in [-0.05, 0) is 18.1 Å². The molecule has 2 atom stereocenters. The van der Waals surface area contributed by atoms with Gasteiger partial charge in [-0.15, -0.1) is 0 Å². The molecule has 2 aliphatic rings. The molecule has 1 aromatic rings. The summed E-state index contributed by atoms with van der Waals surface area (Å²) in [5.74, 6) is -0.0303. The van der Waals surface area contributed by atoms with Crippen LogP contribution in [0.25, 0.3) is 0 Å². The Labute approximate surface area is 123 Å². The predicted octanol–water partition coefficient (Wildman–Crippen LogP) is 1.69. The maximum Gasteiger partial charge on any atom is 0.261 e. The van der Waals surface area contributed by atoms with Gasteiger partial charge in [0.05, 0.1) is 6.54 Å². The molecule has 0 bridgehead atoms. The summed E-state index contributed by atoms with van der Waals surface area (Å²) in [6, 6.07) is 7.80. The van der Waals surface area contributed by atoms with Crippen LogP contribution in [0.1, 0.15) is 31.9 Å². The molecule has 1 spiro atoms. The number of hydrogen-bond acceptors (Lipinski definition) is 4. The lowest BCUT2D eigenvalue weighted by Gasteiger charge is -2.30. The Kier molecular flexibility index (Phi) is 3.08. The fraction of sp³-hybridized carbons (Fsp3) is 0.438. The number of aliphatic imine (C=N–C) groups is 1. The summed E-state index contributed by atoms with van der Waals surface area (Å²) in [5, 5.41) is 0. The maximum atomic E-state index is 13.0. The molecule has 2 aliphatic heterocycles. The second-order valence-corrected chi connectivity index (χ2v) is 5.67. The van der Waals surface area contributed by atoms with Gasteiger partial charge in [0, 0.05) is 20.3 Å². The summed E-state index contributed by atoms with van der Waals surface area (Å²) in [4.78, 5) is 30.6. The zero-order chi connectivity index (χ0) is 15.2. The first kappa shape index (κ1) is 13.8. The third-order valence-electron chi connectivity index (χ3n) is 4.28. The number of ether oxygens (including phenoxy) is 1. The maximum absolute atomic E-state index is 13.0.